The highest BCUT2D eigenvalue weighted by atomic mass is 32.1. The SMILES string of the molecule is CCc1ccc(CNCc2ccc(OC)cc2OC)s1. The van der Waals surface area contributed by atoms with E-state index in [1.807, 2.05) is 29.5 Å². The third-order valence-electron chi connectivity index (χ3n) is 3.17. The number of rotatable bonds is 7. The number of thiophene rings is 1. The standard InChI is InChI=1S/C16H21NO2S/c1-4-14-7-8-15(20-14)11-17-10-12-5-6-13(18-2)9-16(12)19-3/h5-9,17H,4,10-11H2,1-3H3. The predicted molar refractivity (Wildman–Crippen MR) is 83.8 cm³/mol. The Labute approximate surface area is 124 Å². The predicted octanol–water partition coefficient (Wildman–Crippen LogP) is 3.62. The fourth-order valence-electron chi connectivity index (χ4n) is 2.03. The summed E-state index contributed by atoms with van der Waals surface area (Å²) in [5.74, 6) is 1.67. The van der Waals surface area contributed by atoms with E-state index in [2.05, 4.69) is 24.4 Å². The second kappa shape index (κ2) is 7.31. The Bertz CT molecular complexity index is 551. The van der Waals surface area contributed by atoms with Crippen molar-refractivity contribution in [1.29, 1.82) is 0 Å². The van der Waals surface area contributed by atoms with Crippen LogP contribution < -0.4 is 14.8 Å². The van der Waals surface area contributed by atoms with E-state index in [9.17, 15) is 0 Å². The van der Waals surface area contributed by atoms with E-state index in [-0.39, 0.29) is 0 Å². The van der Waals surface area contributed by atoms with E-state index in [0.717, 1.165) is 36.6 Å². The molecule has 0 amide bonds. The Morgan fingerprint density at radius 3 is 2.45 bits per heavy atom. The summed E-state index contributed by atoms with van der Waals surface area (Å²) < 4.78 is 10.6. The molecule has 1 N–H and O–H groups in total. The molecule has 0 aliphatic carbocycles. The number of aryl methyl sites for hydroxylation is 1. The molecule has 20 heavy (non-hydrogen) atoms. The molecule has 1 aromatic carbocycles. The monoisotopic (exact) mass is 291 g/mol. The van der Waals surface area contributed by atoms with Gasteiger partial charge in [-0.15, -0.1) is 11.3 Å². The number of methoxy groups -OCH3 is 2. The van der Waals surface area contributed by atoms with Crippen molar-refractivity contribution in [2.24, 2.45) is 0 Å². The summed E-state index contributed by atoms with van der Waals surface area (Å²) in [6.07, 6.45) is 1.11. The van der Waals surface area contributed by atoms with Crippen molar-refractivity contribution in [1.82, 2.24) is 5.32 Å². The molecule has 0 radical (unpaired) electrons. The van der Waals surface area contributed by atoms with Gasteiger partial charge in [0, 0.05) is 34.5 Å². The van der Waals surface area contributed by atoms with Crippen molar-refractivity contribution in [3.8, 4) is 11.5 Å². The van der Waals surface area contributed by atoms with Crippen LogP contribution in [0.25, 0.3) is 0 Å². The van der Waals surface area contributed by atoms with Crippen LogP contribution in [0.3, 0.4) is 0 Å². The second-order valence-corrected chi connectivity index (χ2v) is 5.76. The van der Waals surface area contributed by atoms with Crippen molar-refractivity contribution in [2.75, 3.05) is 14.2 Å². The molecule has 2 rings (SSSR count). The van der Waals surface area contributed by atoms with Crippen LogP contribution in [0.15, 0.2) is 30.3 Å². The summed E-state index contributed by atoms with van der Waals surface area (Å²) in [6.45, 7) is 3.86. The fraction of sp³-hybridized carbons (Fsp3) is 0.375. The summed E-state index contributed by atoms with van der Waals surface area (Å²) in [6, 6.07) is 10.3. The highest BCUT2D eigenvalue weighted by molar-refractivity contribution is 7.11. The van der Waals surface area contributed by atoms with Crippen molar-refractivity contribution in [3.63, 3.8) is 0 Å². The van der Waals surface area contributed by atoms with Crippen molar-refractivity contribution < 1.29 is 9.47 Å². The molecule has 0 atom stereocenters. The van der Waals surface area contributed by atoms with Crippen LogP contribution in [-0.2, 0) is 19.5 Å². The number of hydrogen-bond donors (Lipinski definition) is 1. The molecule has 4 heteroatoms. The molecule has 108 valence electrons. The zero-order chi connectivity index (χ0) is 14.4. The topological polar surface area (TPSA) is 30.5 Å². The van der Waals surface area contributed by atoms with Gasteiger partial charge >= 0.3 is 0 Å². The van der Waals surface area contributed by atoms with E-state index in [0.29, 0.717) is 0 Å². The van der Waals surface area contributed by atoms with Gasteiger partial charge in [0.15, 0.2) is 0 Å². The van der Waals surface area contributed by atoms with Gasteiger partial charge in [-0.2, -0.15) is 0 Å². The molecule has 0 saturated heterocycles. The Kier molecular flexibility index (Phi) is 5.44. The average molecular weight is 291 g/mol. The molecule has 0 saturated carbocycles. The number of benzene rings is 1. The molecular weight excluding hydrogens is 270 g/mol. The Hall–Kier alpha value is -1.52. The lowest BCUT2D eigenvalue weighted by Gasteiger charge is -2.11. The maximum atomic E-state index is 5.39. The summed E-state index contributed by atoms with van der Waals surface area (Å²) in [4.78, 5) is 2.80. The zero-order valence-corrected chi connectivity index (χ0v) is 13.0. The lowest BCUT2D eigenvalue weighted by atomic mass is 10.2. The van der Waals surface area contributed by atoms with Crippen molar-refractivity contribution in [3.05, 3.63) is 45.6 Å². The first-order valence-electron chi connectivity index (χ1n) is 6.76. The van der Waals surface area contributed by atoms with E-state index >= 15 is 0 Å². The molecule has 2 aromatic rings. The van der Waals surface area contributed by atoms with Gasteiger partial charge in [0.25, 0.3) is 0 Å². The van der Waals surface area contributed by atoms with Crippen molar-refractivity contribution in [2.45, 2.75) is 26.4 Å². The van der Waals surface area contributed by atoms with Gasteiger partial charge in [-0.3, -0.25) is 0 Å². The van der Waals surface area contributed by atoms with Crippen LogP contribution in [0.1, 0.15) is 22.2 Å². The molecular formula is C16H21NO2S. The molecule has 1 heterocycles. The number of hydrogen-bond acceptors (Lipinski definition) is 4. The second-order valence-electron chi connectivity index (χ2n) is 4.50. The third kappa shape index (κ3) is 3.74. The summed E-state index contributed by atoms with van der Waals surface area (Å²) in [5.41, 5.74) is 1.14. The van der Waals surface area contributed by atoms with Gasteiger partial charge in [0.1, 0.15) is 11.5 Å². The summed E-state index contributed by atoms with van der Waals surface area (Å²) >= 11 is 1.87. The van der Waals surface area contributed by atoms with E-state index in [1.165, 1.54) is 9.75 Å². The van der Waals surface area contributed by atoms with Gasteiger partial charge in [0.2, 0.25) is 0 Å². The summed E-state index contributed by atoms with van der Waals surface area (Å²) in [5, 5.41) is 3.46. The van der Waals surface area contributed by atoms with Gasteiger partial charge in [-0.05, 0) is 24.6 Å². The Morgan fingerprint density at radius 2 is 1.80 bits per heavy atom. The maximum absolute atomic E-state index is 5.39. The molecule has 0 aliphatic rings. The van der Waals surface area contributed by atoms with Crippen LogP contribution in [0, 0.1) is 0 Å². The minimum absolute atomic E-state index is 0.784. The Morgan fingerprint density at radius 1 is 1.00 bits per heavy atom. The van der Waals surface area contributed by atoms with Crippen LogP contribution >= 0.6 is 11.3 Å². The molecule has 0 spiro atoms. The first kappa shape index (κ1) is 14.9. The van der Waals surface area contributed by atoms with E-state index < -0.39 is 0 Å². The largest absolute Gasteiger partial charge is 0.497 e. The van der Waals surface area contributed by atoms with Gasteiger partial charge in [-0.25, -0.2) is 0 Å². The zero-order valence-electron chi connectivity index (χ0n) is 12.2. The van der Waals surface area contributed by atoms with Crippen molar-refractivity contribution >= 4 is 11.3 Å². The minimum atomic E-state index is 0.784. The molecule has 0 fully saturated rings. The molecule has 1 aromatic heterocycles. The average Bonchev–Trinajstić information content (AvgIpc) is 2.95. The normalized spacial score (nSPS) is 10.6. The maximum Gasteiger partial charge on any atom is 0.127 e. The van der Waals surface area contributed by atoms with Crippen LogP contribution in [0.2, 0.25) is 0 Å². The quantitative estimate of drug-likeness (QED) is 0.845. The van der Waals surface area contributed by atoms with Crippen LogP contribution in [-0.4, -0.2) is 14.2 Å². The van der Waals surface area contributed by atoms with Crippen LogP contribution in [0.5, 0.6) is 11.5 Å². The van der Waals surface area contributed by atoms with Gasteiger partial charge < -0.3 is 14.8 Å². The summed E-state index contributed by atoms with van der Waals surface area (Å²) in [7, 11) is 3.35. The van der Waals surface area contributed by atoms with Gasteiger partial charge in [0.05, 0.1) is 14.2 Å². The first-order chi connectivity index (χ1) is 9.76. The minimum Gasteiger partial charge on any atom is -0.497 e. The van der Waals surface area contributed by atoms with E-state index in [4.69, 9.17) is 9.47 Å². The van der Waals surface area contributed by atoms with Crippen LogP contribution in [0.4, 0.5) is 0 Å². The molecule has 0 unspecified atom stereocenters. The lowest BCUT2D eigenvalue weighted by Crippen LogP contribution is -2.12. The highest BCUT2D eigenvalue weighted by Crippen LogP contribution is 2.24. The first-order valence-corrected chi connectivity index (χ1v) is 7.57. The smallest absolute Gasteiger partial charge is 0.127 e. The number of ether oxygens (including phenoxy) is 2. The molecule has 0 aliphatic heterocycles. The molecule has 0 bridgehead atoms. The number of nitrogens with one attached hydrogen (secondary N) is 1. The third-order valence-corrected chi connectivity index (χ3v) is 4.40. The fourth-order valence-corrected chi connectivity index (χ4v) is 2.95. The van der Waals surface area contributed by atoms with Gasteiger partial charge in [-0.1, -0.05) is 13.0 Å². The van der Waals surface area contributed by atoms with E-state index in [1.54, 1.807) is 14.2 Å². The lowest BCUT2D eigenvalue weighted by molar-refractivity contribution is 0.390. The molecule has 3 nitrogen and oxygen atoms in total. The Balaban J connectivity index is 1.93. The highest BCUT2D eigenvalue weighted by Gasteiger charge is 2.05.